The Bertz CT molecular complexity index is 384. The van der Waals surface area contributed by atoms with E-state index in [1.807, 2.05) is 12.1 Å². The van der Waals surface area contributed by atoms with E-state index in [0.717, 1.165) is 31.6 Å². The number of primary amides is 1. The SMILES string of the molecule is CN1CCC(c2cccc(C(N)=O)n2)CC1. The van der Waals surface area contributed by atoms with Gasteiger partial charge in [-0.2, -0.15) is 0 Å². The van der Waals surface area contributed by atoms with Gasteiger partial charge in [0.25, 0.3) is 5.91 Å². The summed E-state index contributed by atoms with van der Waals surface area (Å²) in [5, 5.41) is 0. The standard InChI is InChI=1S/C12H17N3O/c1-15-7-5-9(6-8-15)10-3-2-4-11(14-10)12(13)16/h2-4,9H,5-8H2,1H3,(H2,13,16). The Kier molecular flexibility index (Phi) is 3.19. The third-order valence-corrected chi connectivity index (χ3v) is 3.16. The van der Waals surface area contributed by atoms with Gasteiger partial charge in [0.1, 0.15) is 5.69 Å². The van der Waals surface area contributed by atoms with E-state index in [1.54, 1.807) is 6.07 Å². The van der Waals surface area contributed by atoms with Crippen LogP contribution < -0.4 is 5.73 Å². The Balaban J connectivity index is 2.14. The van der Waals surface area contributed by atoms with Gasteiger partial charge in [-0.3, -0.25) is 4.79 Å². The van der Waals surface area contributed by atoms with Crippen LogP contribution >= 0.6 is 0 Å². The van der Waals surface area contributed by atoms with Crippen molar-refractivity contribution in [2.75, 3.05) is 20.1 Å². The number of nitrogens with zero attached hydrogens (tertiary/aromatic N) is 2. The van der Waals surface area contributed by atoms with E-state index in [1.165, 1.54) is 0 Å². The molecule has 1 aliphatic rings. The first kappa shape index (κ1) is 11.1. The number of likely N-dealkylation sites (tertiary alicyclic amines) is 1. The fourth-order valence-electron chi connectivity index (χ4n) is 2.12. The molecule has 0 radical (unpaired) electrons. The zero-order valence-electron chi connectivity index (χ0n) is 9.52. The van der Waals surface area contributed by atoms with Crippen LogP contribution in [0, 0.1) is 0 Å². The van der Waals surface area contributed by atoms with Crippen LogP contribution in [0.15, 0.2) is 18.2 Å². The predicted octanol–water partition coefficient (Wildman–Crippen LogP) is 0.990. The minimum absolute atomic E-state index is 0.372. The van der Waals surface area contributed by atoms with Crippen molar-refractivity contribution in [3.63, 3.8) is 0 Å². The topological polar surface area (TPSA) is 59.2 Å². The van der Waals surface area contributed by atoms with Crippen LogP contribution in [0.5, 0.6) is 0 Å². The predicted molar refractivity (Wildman–Crippen MR) is 62.2 cm³/mol. The van der Waals surface area contributed by atoms with Gasteiger partial charge in [0.15, 0.2) is 0 Å². The third kappa shape index (κ3) is 2.39. The molecule has 4 nitrogen and oxygen atoms in total. The number of hydrogen-bond donors (Lipinski definition) is 1. The number of pyridine rings is 1. The molecule has 0 atom stereocenters. The normalized spacial score (nSPS) is 18.6. The molecule has 1 amide bonds. The first-order valence-electron chi connectivity index (χ1n) is 5.62. The van der Waals surface area contributed by atoms with Crippen LogP contribution in [0.1, 0.15) is 34.9 Å². The van der Waals surface area contributed by atoms with Crippen molar-refractivity contribution in [1.82, 2.24) is 9.88 Å². The minimum Gasteiger partial charge on any atom is -0.364 e. The van der Waals surface area contributed by atoms with Gasteiger partial charge >= 0.3 is 0 Å². The Morgan fingerprint density at radius 2 is 2.12 bits per heavy atom. The van der Waals surface area contributed by atoms with Crippen molar-refractivity contribution in [2.24, 2.45) is 5.73 Å². The summed E-state index contributed by atoms with van der Waals surface area (Å²) < 4.78 is 0. The molecule has 86 valence electrons. The molecular formula is C12H17N3O. The minimum atomic E-state index is -0.449. The summed E-state index contributed by atoms with van der Waals surface area (Å²) in [4.78, 5) is 17.7. The lowest BCUT2D eigenvalue weighted by atomic mass is 9.93. The average Bonchev–Trinajstić information content (AvgIpc) is 2.30. The van der Waals surface area contributed by atoms with E-state index in [0.29, 0.717) is 11.6 Å². The summed E-state index contributed by atoms with van der Waals surface area (Å²) in [5.41, 5.74) is 6.60. The van der Waals surface area contributed by atoms with Crippen LogP contribution in [0.4, 0.5) is 0 Å². The molecule has 1 aromatic heterocycles. The lowest BCUT2D eigenvalue weighted by Gasteiger charge is -2.28. The fourth-order valence-corrected chi connectivity index (χ4v) is 2.12. The Labute approximate surface area is 95.5 Å². The number of nitrogens with two attached hydrogens (primary N) is 1. The summed E-state index contributed by atoms with van der Waals surface area (Å²) in [7, 11) is 2.13. The third-order valence-electron chi connectivity index (χ3n) is 3.16. The Hall–Kier alpha value is -1.42. The number of amides is 1. The lowest BCUT2D eigenvalue weighted by molar-refractivity contribution is 0.0995. The molecule has 1 aromatic rings. The van der Waals surface area contributed by atoms with Crippen molar-refractivity contribution in [2.45, 2.75) is 18.8 Å². The second-order valence-corrected chi connectivity index (χ2v) is 4.39. The monoisotopic (exact) mass is 219 g/mol. The number of carbonyl (C=O) groups excluding carboxylic acids is 1. The highest BCUT2D eigenvalue weighted by Crippen LogP contribution is 2.25. The molecule has 2 rings (SSSR count). The maximum Gasteiger partial charge on any atom is 0.267 e. The number of carbonyl (C=O) groups is 1. The molecule has 0 aromatic carbocycles. The molecule has 1 fully saturated rings. The zero-order valence-corrected chi connectivity index (χ0v) is 9.52. The highest BCUT2D eigenvalue weighted by Gasteiger charge is 2.19. The van der Waals surface area contributed by atoms with Crippen LogP contribution in [0.2, 0.25) is 0 Å². The average molecular weight is 219 g/mol. The summed E-state index contributed by atoms with van der Waals surface area (Å²) in [6.07, 6.45) is 2.21. The summed E-state index contributed by atoms with van der Waals surface area (Å²) >= 11 is 0. The molecule has 1 saturated heterocycles. The van der Waals surface area contributed by atoms with E-state index >= 15 is 0 Å². The largest absolute Gasteiger partial charge is 0.364 e. The molecule has 1 aliphatic heterocycles. The molecule has 0 unspecified atom stereocenters. The van der Waals surface area contributed by atoms with E-state index in [2.05, 4.69) is 16.9 Å². The van der Waals surface area contributed by atoms with Crippen LogP contribution in [-0.2, 0) is 0 Å². The first-order chi connectivity index (χ1) is 7.66. The zero-order chi connectivity index (χ0) is 11.5. The van der Waals surface area contributed by atoms with Crippen molar-refractivity contribution >= 4 is 5.91 Å². The molecular weight excluding hydrogens is 202 g/mol. The maximum absolute atomic E-state index is 11.0. The fraction of sp³-hybridized carbons (Fsp3) is 0.500. The van der Waals surface area contributed by atoms with Crippen molar-refractivity contribution in [3.05, 3.63) is 29.6 Å². The molecule has 2 heterocycles. The number of piperidine rings is 1. The highest BCUT2D eigenvalue weighted by atomic mass is 16.1. The summed E-state index contributed by atoms with van der Waals surface area (Å²) in [6, 6.07) is 5.52. The summed E-state index contributed by atoms with van der Waals surface area (Å²) in [5.74, 6) is 0.0188. The molecule has 16 heavy (non-hydrogen) atoms. The Morgan fingerprint density at radius 3 is 2.75 bits per heavy atom. The van der Waals surface area contributed by atoms with Crippen molar-refractivity contribution in [1.29, 1.82) is 0 Å². The number of aromatic nitrogens is 1. The molecule has 4 heteroatoms. The van der Waals surface area contributed by atoms with E-state index in [9.17, 15) is 4.79 Å². The maximum atomic E-state index is 11.0. The molecule has 2 N–H and O–H groups in total. The van der Waals surface area contributed by atoms with Crippen molar-refractivity contribution in [3.8, 4) is 0 Å². The van der Waals surface area contributed by atoms with Crippen LogP contribution in [0.3, 0.4) is 0 Å². The number of hydrogen-bond acceptors (Lipinski definition) is 3. The van der Waals surface area contributed by atoms with Gasteiger partial charge in [-0.05, 0) is 45.1 Å². The first-order valence-corrected chi connectivity index (χ1v) is 5.62. The molecule has 0 bridgehead atoms. The van der Waals surface area contributed by atoms with Gasteiger partial charge in [0.2, 0.25) is 0 Å². The second kappa shape index (κ2) is 4.61. The van der Waals surface area contributed by atoms with E-state index in [-0.39, 0.29) is 0 Å². The Morgan fingerprint density at radius 1 is 1.44 bits per heavy atom. The highest BCUT2D eigenvalue weighted by molar-refractivity contribution is 5.90. The molecule has 0 spiro atoms. The smallest absolute Gasteiger partial charge is 0.267 e. The number of rotatable bonds is 2. The van der Waals surface area contributed by atoms with E-state index < -0.39 is 5.91 Å². The van der Waals surface area contributed by atoms with Crippen LogP contribution in [0.25, 0.3) is 0 Å². The van der Waals surface area contributed by atoms with Gasteiger partial charge in [-0.25, -0.2) is 4.98 Å². The van der Waals surface area contributed by atoms with Gasteiger partial charge in [0, 0.05) is 11.6 Å². The quantitative estimate of drug-likeness (QED) is 0.807. The second-order valence-electron chi connectivity index (χ2n) is 4.39. The van der Waals surface area contributed by atoms with Gasteiger partial charge in [0.05, 0.1) is 0 Å². The van der Waals surface area contributed by atoms with Gasteiger partial charge < -0.3 is 10.6 Å². The van der Waals surface area contributed by atoms with Crippen molar-refractivity contribution < 1.29 is 4.79 Å². The molecule has 0 saturated carbocycles. The molecule has 0 aliphatic carbocycles. The summed E-state index contributed by atoms with van der Waals surface area (Å²) in [6.45, 7) is 2.18. The van der Waals surface area contributed by atoms with Crippen LogP contribution in [-0.4, -0.2) is 35.9 Å². The van der Waals surface area contributed by atoms with E-state index in [4.69, 9.17) is 5.73 Å². The van der Waals surface area contributed by atoms with Gasteiger partial charge in [-0.15, -0.1) is 0 Å². The van der Waals surface area contributed by atoms with Gasteiger partial charge in [-0.1, -0.05) is 6.07 Å². The lowest BCUT2D eigenvalue weighted by Crippen LogP contribution is -2.29.